The lowest BCUT2D eigenvalue weighted by Gasteiger charge is -2.05. The van der Waals surface area contributed by atoms with E-state index < -0.39 is 0 Å². The number of benzene rings is 1. The first kappa shape index (κ1) is 10.9. The molecule has 0 radical (unpaired) electrons. The molecule has 0 amide bonds. The number of nitrogens with zero attached hydrogens (tertiary/aromatic N) is 2. The van der Waals surface area contributed by atoms with Gasteiger partial charge < -0.3 is 0 Å². The van der Waals surface area contributed by atoms with Crippen molar-refractivity contribution >= 4 is 10.9 Å². The molecule has 0 aliphatic heterocycles. The fraction of sp³-hybridized carbons (Fsp3) is 0.125. The summed E-state index contributed by atoms with van der Waals surface area (Å²) in [5, 5.41) is 1.16. The molecule has 0 saturated carbocycles. The molecule has 0 spiro atoms. The lowest BCUT2D eigenvalue weighted by atomic mass is 10.1. The zero-order valence-electron chi connectivity index (χ0n) is 10.5. The Bertz CT molecular complexity index is 697. The van der Waals surface area contributed by atoms with Gasteiger partial charge in [0.15, 0.2) is 0 Å². The third-order valence-corrected chi connectivity index (χ3v) is 2.96. The average Bonchev–Trinajstić information content (AvgIpc) is 2.37. The summed E-state index contributed by atoms with van der Waals surface area (Å²) in [5.41, 5.74) is 5.13. The van der Waals surface area contributed by atoms with Gasteiger partial charge in [-0.15, -0.1) is 0 Å². The lowest BCUT2D eigenvalue weighted by molar-refractivity contribution is 1.17. The van der Waals surface area contributed by atoms with Crippen LogP contribution in [0.4, 0.5) is 0 Å². The molecule has 0 saturated heterocycles. The van der Waals surface area contributed by atoms with Crippen molar-refractivity contribution in [2.45, 2.75) is 13.8 Å². The second kappa shape index (κ2) is 4.22. The standard InChI is InChI=1S/C16H14N2/c1-11-9-12(2)17-16(10-11)15-8-7-13-5-3-4-6-14(13)18-15/h3-10H,1-2H3. The topological polar surface area (TPSA) is 25.8 Å². The van der Waals surface area contributed by atoms with Gasteiger partial charge in [0.1, 0.15) is 0 Å². The van der Waals surface area contributed by atoms with E-state index >= 15 is 0 Å². The SMILES string of the molecule is Cc1cc(C)nc(-c2ccc3ccccc3n2)c1. The Kier molecular flexibility index (Phi) is 2.56. The molecule has 0 aliphatic carbocycles. The van der Waals surface area contributed by atoms with Crippen molar-refractivity contribution in [1.82, 2.24) is 9.97 Å². The Hall–Kier alpha value is -2.22. The van der Waals surface area contributed by atoms with Crippen LogP contribution in [0.5, 0.6) is 0 Å². The maximum Gasteiger partial charge on any atom is 0.0894 e. The minimum Gasteiger partial charge on any atom is -0.251 e. The quantitative estimate of drug-likeness (QED) is 0.638. The van der Waals surface area contributed by atoms with Crippen LogP contribution >= 0.6 is 0 Å². The summed E-state index contributed by atoms with van der Waals surface area (Å²) >= 11 is 0. The maximum atomic E-state index is 4.67. The Morgan fingerprint density at radius 3 is 2.44 bits per heavy atom. The van der Waals surface area contributed by atoms with Gasteiger partial charge in [-0.1, -0.05) is 24.3 Å². The van der Waals surface area contributed by atoms with E-state index in [1.165, 1.54) is 5.56 Å². The Morgan fingerprint density at radius 1 is 0.778 bits per heavy atom. The van der Waals surface area contributed by atoms with Gasteiger partial charge in [-0.05, 0) is 43.7 Å². The van der Waals surface area contributed by atoms with Crippen LogP contribution in [0, 0.1) is 13.8 Å². The molecule has 2 heteroatoms. The molecular formula is C16H14N2. The van der Waals surface area contributed by atoms with Crippen LogP contribution in [0.15, 0.2) is 48.5 Å². The van der Waals surface area contributed by atoms with Crippen LogP contribution in [0.3, 0.4) is 0 Å². The molecular weight excluding hydrogens is 220 g/mol. The van der Waals surface area contributed by atoms with Gasteiger partial charge in [0, 0.05) is 11.1 Å². The van der Waals surface area contributed by atoms with Crippen LogP contribution < -0.4 is 0 Å². The first-order valence-corrected chi connectivity index (χ1v) is 6.04. The van der Waals surface area contributed by atoms with Crippen molar-refractivity contribution in [3.8, 4) is 11.4 Å². The highest BCUT2D eigenvalue weighted by atomic mass is 14.8. The normalized spacial score (nSPS) is 10.8. The number of para-hydroxylation sites is 1. The smallest absolute Gasteiger partial charge is 0.0894 e. The Morgan fingerprint density at radius 2 is 1.61 bits per heavy atom. The number of aryl methyl sites for hydroxylation is 2. The number of hydrogen-bond acceptors (Lipinski definition) is 2. The van der Waals surface area contributed by atoms with E-state index in [2.05, 4.69) is 41.2 Å². The van der Waals surface area contributed by atoms with Gasteiger partial charge in [-0.25, -0.2) is 4.98 Å². The molecule has 0 fully saturated rings. The molecule has 88 valence electrons. The monoisotopic (exact) mass is 234 g/mol. The highest BCUT2D eigenvalue weighted by Gasteiger charge is 2.04. The van der Waals surface area contributed by atoms with Crippen LogP contribution in [0.2, 0.25) is 0 Å². The molecule has 3 rings (SSSR count). The minimum atomic E-state index is 0.931. The minimum absolute atomic E-state index is 0.931. The highest BCUT2D eigenvalue weighted by Crippen LogP contribution is 2.20. The average molecular weight is 234 g/mol. The van der Waals surface area contributed by atoms with Crippen molar-refractivity contribution < 1.29 is 0 Å². The summed E-state index contributed by atoms with van der Waals surface area (Å²) < 4.78 is 0. The summed E-state index contributed by atoms with van der Waals surface area (Å²) in [5.74, 6) is 0. The van der Waals surface area contributed by atoms with Gasteiger partial charge in [0.2, 0.25) is 0 Å². The van der Waals surface area contributed by atoms with Crippen molar-refractivity contribution in [1.29, 1.82) is 0 Å². The third-order valence-electron chi connectivity index (χ3n) is 2.96. The summed E-state index contributed by atoms with van der Waals surface area (Å²) in [6, 6.07) is 16.4. The number of rotatable bonds is 1. The molecule has 2 aromatic heterocycles. The largest absolute Gasteiger partial charge is 0.251 e. The molecule has 2 heterocycles. The second-order valence-corrected chi connectivity index (χ2v) is 4.56. The zero-order valence-corrected chi connectivity index (χ0v) is 10.5. The molecule has 0 atom stereocenters. The zero-order chi connectivity index (χ0) is 12.5. The fourth-order valence-electron chi connectivity index (χ4n) is 2.18. The van der Waals surface area contributed by atoms with E-state index in [-0.39, 0.29) is 0 Å². The van der Waals surface area contributed by atoms with E-state index in [1.807, 2.05) is 31.2 Å². The number of fused-ring (bicyclic) bond motifs is 1. The predicted molar refractivity (Wildman–Crippen MR) is 74.4 cm³/mol. The first-order valence-electron chi connectivity index (χ1n) is 6.04. The van der Waals surface area contributed by atoms with Gasteiger partial charge in [-0.3, -0.25) is 4.98 Å². The van der Waals surface area contributed by atoms with Gasteiger partial charge in [0.05, 0.1) is 16.9 Å². The van der Waals surface area contributed by atoms with Gasteiger partial charge in [-0.2, -0.15) is 0 Å². The van der Waals surface area contributed by atoms with Gasteiger partial charge >= 0.3 is 0 Å². The highest BCUT2D eigenvalue weighted by molar-refractivity contribution is 5.81. The summed E-state index contributed by atoms with van der Waals surface area (Å²) in [4.78, 5) is 9.21. The van der Waals surface area contributed by atoms with Gasteiger partial charge in [0.25, 0.3) is 0 Å². The number of pyridine rings is 2. The maximum absolute atomic E-state index is 4.67. The lowest BCUT2D eigenvalue weighted by Crippen LogP contribution is -1.91. The molecule has 0 aliphatic rings. The number of aromatic nitrogens is 2. The summed E-state index contributed by atoms with van der Waals surface area (Å²) in [6.45, 7) is 4.09. The molecule has 0 bridgehead atoms. The van der Waals surface area contributed by atoms with Crippen LogP contribution in [-0.2, 0) is 0 Å². The van der Waals surface area contributed by atoms with Crippen LogP contribution in [0.25, 0.3) is 22.3 Å². The van der Waals surface area contributed by atoms with Crippen molar-refractivity contribution in [2.24, 2.45) is 0 Å². The second-order valence-electron chi connectivity index (χ2n) is 4.56. The molecule has 3 aromatic rings. The molecule has 0 N–H and O–H groups in total. The molecule has 0 unspecified atom stereocenters. The van der Waals surface area contributed by atoms with Crippen LogP contribution in [-0.4, -0.2) is 9.97 Å². The van der Waals surface area contributed by atoms with E-state index in [0.717, 1.165) is 28.0 Å². The predicted octanol–water partition coefficient (Wildman–Crippen LogP) is 3.91. The van der Waals surface area contributed by atoms with Crippen molar-refractivity contribution in [3.05, 3.63) is 59.8 Å². The van der Waals surface area contributed by atoms with E-state index in [0.29, 0.717) is 0 Å². The fourth-order valence-corrected chi connectivity index (χ4v) is 2.18. The Balaban J connectivity index is 2.19. The van der Waals surface area contributed by atoms with Crippen molar-refractivity contribution in [3.63, 3.8) is 0 Å². The molecule has 1 aromatic carbocycles. The van der Waals surface area contributed by atoms with E-state index in [1.54, 1.807) is 0 Å². The summed E-state index contributed by atoms with van der Waals surface area (Å²) in [6.07, 6.45) is 0. The van der Waals surface area contributed by atoms with E-state index in [9.17, 15) is 0 Å². The van der Waals surface area contributed by atoms with Crippen molar-refractivity contribution in [2.75, 3.05) is 0 Å². The first-order chi connectivity index (χ1) is 8.72. The van der Waals surface area contributed by atoms with E-state index in [4.69, 9.17) is 0 Å². The summed E-state index contributed by atoms with van der Waals surface area (Å²) in [7, 11) is 0. The Labute approximate surface area is 106 Å². The molecule has 2 nitrogen and oxygen atoms in total. The van der Waals surface area contributed by atoms with Crippen LogP contribution in [0.1, 0.15) is 11.3 Å². The third kappa shape index (κ3) is 1.97. The molecule has 18 heavy (non-hydrogen) atoms. The number of hydrogen-bond donors (Lipinski definition) is 0.